The Bertz CT molecular complexity index is 1000. The summed E-state index contributed by atoms with van der Waals surface area (Å²) < 4.78 is 15.6. The number of aromatic nitrogens is 1. The molecule has 2 heterocycles. The highest BCUT2D eigenvalue weighted by Gasteiger charge is 2.18. The van der Waals surface area contributed by atoms with Crippen LogP contribution in [0.4, 0.5) is 0 Å². The first-order valence-corrected chi connectivity index (χ1v) is 8.26. The molecule has 2 aromatic carbocycles. The molecule has 0 unspecified atom stereocenters. The molecule has 1 aliphatic heterocycles. The van der Waals surface area contributed by atoms with E-state index in [9.17, 15) is 9.59 Å². The van der Waals surface area contributed by atoms with Crippen LogP contribution in [0.3, 0.4) is 0 Å². The quantitative estimate of drug-likeness (QED) is 0.564. The van der Waals surface area contributed by atoms with Gasteiger partial charge in [-0.3, -0.25) is 9.59 Å². The summed E-state index contributed by atoms with van der Waals surface area (Å²) in [4.78, 5) is 27.7. The van der Waals surface area contributed by atoms with Crippen molar-refractivity contribution in [2.45, 2.75) is 13.3 Å². The van der Waals surface area contributed by atoms with Gasteiger partial charge in [0.1, 0.15) is 0 Å². The van der Waals surface area contributed by atoms with Gasteiger partial charge >= 0.3 is 5.97 Å². The van der Waals surface area contributed by atoms with Crippen LogP contribution >= 0.6 is 0 Å². The van der Waals surface area contributed by atoms with E-state index in [1.54, 1.807) is 18.2 Å². The van der Waals surface area contributed by atoms with Crippen molar-refractivity contribution in [1.82, 2.24) is 4.98 Å². The van der Waals surface area contributed by atoms with Crippen LogP contribution in [0.5, 0.6) is 11.5 Å². The topological polar surface area (TPSA) is 77.6 Å². The smallest absolute Gasteiger partial charge is 0.310 e. The Labute approximate surface area is 149 Å². The lowest BCUT2D eigenvalue weighted by molar-refractivity contribution is -0.141. The molecule has 1 aromatic heterocycles. The molecule has 0 spiro atoms. The Balaban J connectivity index is 1.40. The van der Waals surface area contributed by atoms with Crippen LogP contribution in [0.25, 0.3) is 10.9 Å². The van der Waals surface area contributed by atoms with Crippen molar-refractivity contribution in [3.8, 4) is 11.5 Å². The molecule has 6 nitrogen and oxygen atoms in total. The van der Waals surface area contributed by atoms with Crippen molar-refractivity contribution in [3.63, 3.8) is 0 Å². The number of esters is 1. The molecular weight excluding hydrogens is 334 g/mol. The van der Waals surface area contributed by atoms with E-state index in [1.807, 2.05) is 31.2 Å². The van der Waals surface area contributed by atoms with E-state index >= 15 is 0 Å². The van der Waals surface area contributed by atoms with Gasteiger partial charge in [-0.1, -0.05) is 18.2 Å². The molecule has 0 saturated carbocycles. The molecule has 0 atom stereocenters. The largest absolute Gasteiger partial charge is 0.457 e. The average molecular weight is 351 g/mol. The molecule has 0 fully saturated rings. The van der Waals surface area contributed by atoms with Crippen LogP contribution in [-0.4, -0.2) is 30.1 Å². The van der Waals surface area contributed by atoms with E-state index in [2.05, 4.69) is 4.98 Å². The number of hydrogen-bond donors (Lipinski definition) is 1. The fourth-order valence-electron chi connectivity index (χ4n) is 3.06. The van der Waals surface area contributed by atoms with Gasteiger partial charge in [-0.15, -0.1) is 0 Å². The average Bonchev–Trinajstić information content (AvgIpc) is 3.23. The van der Waals surface area contributed by atoms with Crippen molar-refractivity contribution in [1.29, 1.82) is 0 Å². The minimum Gasteiger partial charge on any atom is -0.457 e. The molecule has 0 aliphatic carbocycles. The van der Waals surface area contributed by atoms with Crippen LogP contribution in [0.1, 0.15) is 21.6 Å². The number of Topliss-reactive ketones (excluding diaryl/α,β-unsaturated/α-hetero) is 1. The molecule has 0 amide bonds. The third-order valence-electron chi connectivity index (χ3n) is 4.41. The molecule has 0 saturated heterocycles. The van der Waals surface area contributed by atoms with Crippen LogP contribution in [-0.2, 0) is 16.0 Å². The Hall–Kier alpha value is -3.28. The Morgan fingerprint density at radius 3 is 2.81 bits per heavy atom. The molecule has 0 radical (unpaired) electrons. The third-order valence-corrected chi connectivity index (χ3v) is 4.41. The first-order valence-electron chi connectivity index (χ1n) is 8.26. The summed E-state index contributed by atoms with van der Waals surface area (Å²) in [6.07, 6.45) is 0.115. The van der Waals surface area contributed by atoms with Gasteiger partial charge in [-0.2, -0.15) is 0 Å². The zero-order valence-electron chi connectivity index (χ0n) is 14.2. The van der Waals surface area contributed by atoms with Crippen LogP contribution in [0.2, 0.25) is 0 Å². The second-order valence-electron chi connectivity index (χ2n) is 6.10. The second-order valence-corrected chi connectivity index (χ2v) is 6.10. The van der Waals surface area contributed by atoms with Gasteiger partial charge < -0.3 is 19.2 Å². The van der Waals surface area contributed by atoms with Crippen molar-refractivity contribution in [2.24, 2.45) is 0 Å². The van der Waals surface area contributed by atoms with E-state index in [0.717, 1.165) is 22.2 Å². The minimum atomic E-state index is -0.438. The Morgan fingerprint density at radius 2 is 1.92 bits per heavy atom. The first-order chi connectivity index (χ1) is 12.6. The zero-order chi connectivity index (χ0) is 18.1. The van der Waals surface area contributed by atoms with E-state index in [0.29, 0.717) is 17.1 Å². The summed E-state index contributed by atoms with van der Waals surface area (Å²) in [5.41, 5.74) is 3.21. The predicted molar refractivity (Wildman–Crippen MR) is 94.6 cm³/mol. The third kappa shape index (κ3) is 3.01. The lowest BCUT2D eigenvalue weighted by Crippen LogP contribution is -2.16. The molecule has 0 bridgehead atoms. The summed E-state index contributed by atoms with van der Waals surface area (Å²) in [6.45, 7) is 1.76. The summed E-state index contributed by atoms with van der Waals surface area (Å²) in [6, 6.07) is 12.7. The van der Waals surface area contributed by atoms with E-state index < -0.39 is 5.97 Å². The lowest BCUT2D eigenvalue weighted by Gasteiger charge is -2.06. The highest BCUT2D eigenvalue weighted by Crippen LogP contribution is 2.32. The maximum absolute atomic E-state index is 12.3. The number of nitrogens with one attached hydrogen (secondary N) is 1. The summed E-state index contributed by atoms with van der Waals surface area (Å²) in [5.74, 6) is 0.407. The van der Waals surface area contributed by atoms with Gasteiger partial charge in [0.2, 0.25) is 6.79 Å². The van der Waals surface area contributed by atoms with Gasteiger partial charge in [0.15, 0.2) is 23.9 Å². The fraction of sp³-hybridized carbons (Fsp3) is 0.200. The predicted octanol–water partition coefficient (Wildman–Crippen LogP) is 3.17. The number of rotatable bonds is 5. The van der Waals surface area contributed by atoms with Gasteiger partial charge in [0, 0.05) is 22.2 Å². The maximum atomic E-state index is 12.3. The van der Waals surface area contributed by atoms with Gasteiger partial charge in [-0.05, 0) is 36.8 Å². The number of carbonyl (C=O) groups excluding carboxylic acids is 2. The number of hydrogen-bond acceptors (Lipinski definition) is 5. The molecular formula is C20H17NO5. The number of benzene rings is 2. The van der Waals surface area contributed by atoms with Crippen LogP contribution in [0.15, 0.2) is 42.5 Å². The second kappa shape index (κ2) is 6.55. The molecule has 1 aliphatic rings. The monoisotopic (exact) mass is 351 g/mol. The van der Waals surface area contributed by atoms with E-state index in [4.69, 9.17) is 14.2 Å². The number of aromatic amines is 1. The molecule has 3 aromatic rings. The number of para-hydroxylation sites is 1. The van der Waals surface area contributed by atoms with Gasteiger partial charge in [0.25, 0.3) is 0 Å². The summed E-state index contributed by atoms with van der Waals surface area (Å²) >= 11 is 0. The summed E-state index contributed by atoms with van der Waals surface area (Å²) in [7, 11) is 0. The van der Waals surface area contributed by atoms with E-state index in [-0.39, 0.29) is 25.6 Å². The van der Waals surface area contributed by atoms with Crippen molar-refractivity contribution >= 4 is 22.7 Å². The van der Waals surface area contributed by atoms with Crippen molar-refractivity contribution in [3.05, 3.63) is 59.3 Å². The molecule has 4 rings (SSSR count). The fourth-order valence-corrected chi connectivity index (χ4v) is 3.06. The van der Waals surface area contributed by atoms with Crippen LogP contribution < -0.4 is 9.47 Å². The zero-order valence-corrected chi connectivity index (χ0v) is 14.2. The molecule has 26 heavy (non-hydrogen) atoms. The molecule has 132 valence electrons. The number of carbonyl (C=O) groups is 2. The minimum absolute atomic E-state index is 0.115. The molecule has 1 N–H and O–H groups in total. The normalized spacial score (nSPS) is 12.3. The van der Waals surface area contributed by atoms with Gasteiger partial charge in [0.05, 0.1) is 6.42 Å². The Morgan fingerprint density at radius 1 is 1.12 bits per heavy atom. The van der Waals surface area contributed by atoms with Crippen molar-refractivity contribution < 1.29 is 23.8 Å². The van der Waals surface area contributed by atoms with Crippen LogP contribution in [0, 0.1) is 6.92 Å². The number of aryl methyl sites for hydroxylation is 1. The Kier molecular flexibility index (Phi) is 4.08. The van der Waals surface area contributed by atoms with Crippen molar-refractivity contribution in [2.75, 3.05) is 13.4 Å². The highest BCUT2D eigenvalue weighted by molar-refractivity contribution is 5.98. The van der Waals surface area contributed by atoms with E-state index in [1.165, 1.54) is 0 Å². The lowest BCUT2D eigenvalue weighted by atomic mass is 10.1. The standard InChI is InChI=1S/C20H17NO5/c1-12-15(14-4-2-3-5-16(14)21-12)9-20(23)24-10-17(22)13-6-7-18-19(8-13)26-11-25-18/h2-8,21H,9-11H2,1H3. The summed E-state index contributed by atoms with van der Waals surface area (Å²) in [5, 5.41) is 0.990. The molecule has 6 heteroatoms. The highest BCUT2D eigenvalue weighted by atomic mass is 16.7. The van der Waals surface area contributed by atoms with Gasteiger partial charge in [-0.25, -0.2) is 0 Å². The SMILES string of the molecule is Cc1[nH]c2ccccc2c1CC(=O)OCC(=O)c1ccc2c(c1)OCO2. The number of ketones is 1. The first kappa shape index (κ1) is 16.2. The number of H-pyrrole nitrogens is 1. The number of ether oxygens (including phenoxy) is 3. The number of fused-ring (bicyclic) bond motifs is 2. The maximum Gasteiger partial charge on any atom is 0.310 e.